The molecule has 1 heterocycles. The molecule has 1 fully saturated rings. The van der Waals surface area contributed by atoms with Crippen molar-refractivity contribution in [1.29, 1.82) is 0 Å². The number of amides is 3. The van der Waals surface area contributed by atoms with Gasteiger partial charge in [0, 0.05) is 23.2 Å². The highest BCUT2D eigenvalue weighted by molar-refractivity contribution is 7.99. The van der Waals surface area contributed by atoms with Crippen LogP contribution in [-0.2, 0) is 4.79 Å². The quantitative estimate of drug-likeness (QED) is 0.893. The van der Waals surface area contributed by atoms with E-state index in [2.05, 4.69) is 16.7 Å². The molecule has 2 aliphatic rings. The lowest BCUT2D eigenvalue weighted by molar-refractivity contribution is -0.118. The Morgan fingerprint density at radius 1 is 1.17 bits per heavy atom. The van der Waals surface area contributed by atoms with E-state index in [0.717, 1.165) is 43.7 Å². The minimum absolute atomic E-state index is 0.212. The fraction of sp³-hybridized carbons (Fsp3) is 0.529. The first kappa shape index (κ1) is 16.2. The number of nitrogens with zero attached hydrogens (tertiary/aromatic N) is 1. The number of fused-ring (bicyclic) bond motifs is 1. The smallest absolute Gasteiger partial charge is 0.321 e. The fourth-order valence-corrected chi connectivity index (χ4v) is 4.25. The van der Waals surface area contributed by atoms with Gasteiger partial charge in [-0.15, -0.1) is 11.8 Å². The zero-order chi connectivity index (χ0) is 16.1. The number of rotatable bonds is 3. The van der Waals surface area contributed by atoms with Gasteiger partial charge in [0.15, 0.2) is 0 Å². The first-order valence-corrected chi connectivity index (χ1v) is 9.28. The summed E-state index contributed by atoms with van der Waals surface area (Å²) in [5.41, 5.74) is 1.08. The van der Waals surface area contributed by atoms with Crippen LogP contribution in [0.3, 0.4) is 0 Å². The summed E-state index contributed by atoms with van der Waals surface area (Å²) in [4.78, 5) is 27.3. The second-order valence-electron chi connectivity index (χ2n) is 6.09. The molecular weight excluding hydrogens is 310 g/mol. The summed E-state index contributed by atoms with van der Waals surface area (Å²) < 4.78 is 0. The van der Waals surface area contributed by atoms with Gasteiger partial charge >= 0.3 is 6.03 Å². The molecule has 5 nitrogen and oxygen atoms in total. The van der Waals surface area contributed by atoms with Crippen LogP contribution >= 0.6 is 11.8 Å². The summed E-state index contributed by atoms with van der Waals surface area (Å²) >= 11 is 1.80. The number of carbonyl (C=O) groups excluding carboxylic acids is 2. The third-order valence-electron chi connectivity index (χ3n) is 4.35. The number of imide groups is 1. The standard InChI is InChI=1S/C17H23N3O2S/c21-16(19-17(22)18-13-6-2-1-3-7-13)12-20-10-11-23-15-9-5-4-8-14(15)20/h4-5,8-9,13H,1-3,6-7,10-12H2,(H2,18,19,21,22). The summed E-state index contributed by atoms with van der Waals surface area (Å²) in [7, 11) is 0. The summed E-state index contributed by atoms with van der Waals surface area (Å²) in [5, 5.41) is 5.38. The van der Waals surface area contributed by atoms with Crippen LogP contribution in [0.25, 0.3) is 0 Å². The topological polar surface area (TPSA) is 61.4 Å². The lowest BCUT2D eigenvalue weighted by atomic mass is 9.96. The van der Waals surface area contributed by atoms with Crippen molar-refractivity contribution in [1.82, 2.24) is 10.6 Å². The van der Waals surface area contributed by atoms with E-state index in [9.17, 15) is 9.59 Å². The average molecular weight is 333 g/mol. The Labute approximate surface area is 141 Å². The van der Waals surface area contributed by atoms with Crippen molar-refractivity contribution in [3.8, 4) is 0 Å². The molecule has 2 N–H and O–H groups in total. The van der Waals surface area contributed by atoms with Gasteiger partial charge in [0.1, 0.15) is 0 Å². The Kier molecular flexibility index (Phi) is 5.43. The Morgan fingerprint density at radius 3 is 2.78 bits per heavy atom. The van der Waals surface area contributed by atoms with E-state index >= 15 is 0 Å². The molecule has 0 spiro atoms. The van der Waals surface area contributed by atoms with Gasteiger partial charge in [-0.25, -0.2) is 4.79 Å². The lowest BCUT2D eigenvalue weighted by Crippen LogP contribution is -2.48. The number of nitrogens with one attached hydrogen (secondary N) is 2. The lowest BCUT2D eigenvalue weighted by Gasteiger charge is -2.30. The average Bonchev–Trinajstić information content (AvgIpc) is 2.56. The van der Waals surface area contributed by atoms with E-state index in [-0.39, 0.29) is 24.5 Å². The van der Waals surface area contributed by atoms with Gasteiger partial charge in [-0.2, -0.15) is 0 Å². The number of benzene rings is 1. The molecule has 1 aromatic carbocycles. The van der Waals surface area contributed by atoms with Crippen LogP contribution in [0.5, 0.6) is 0 Å². The monoisotopic (exact) mass is 333 g/mol. The molecule has 0 atom stereocenters. The van der Waals surface area contributed by atoms with Crippen LogP contribution in [0.2, 0.25) is 0 Å². The van der Waals surface area contributed by atoms with Crippen molar-refractivity contribution in [3.05, 3.63) is 24.3 Å². The fourth-order valence-electron chi connectivity index (χ4n) is 3.20. The number of thioether (sulfide) groups is 1. The number of carbonyl (C=O) groups is 2. The van der Waals surface area contributed by atoms with Crippen LogP contribution in [0.1, 0.15) is 32.1 Å². The Hall–Kier alpha value is -1.69. The minimum Gasteiger partial charge on any atom is -0.360 e. The van der Waals surface area contributed by atoms with Gasteiger partial charge < -0.3 is 10.2 Å². The molecule has 1 aliphatic heterocycles. The van der Waals surface area contributed by atoms with E-state index in [1.165, 1.54) is 11.3 Å². The predicted octanol–water partition coefficient (Wildman–Crippen LogP) is 2.76. The molecule has 1 aromatic rings. The Balaban J connectivity index is 1.50. The largest absolute Gasteiger partial charge is 0.360 e. The summed E-state index contributed by atoms with van der Waals surface area (Å²) in [6, 6.07) is 7.93. The van der Waals surface area contributed by atoms with Crippen molar-refractivity contribution in [3.63, 3.8) is 0 Å². The third kappa shape index (κ3) is 4.41. The van der Waals surface area contributed by atoms with Gasteiger partial charge in [-0.05, 0) is 25.0 Å². The molecule has 3 amide bonds. The molecule has 0 aromatic heterocycles. The Morgan fingerprint density at radius 2 is 1.96 bits per heavy atom. The highest BCUT2D eigenvalue weighted by Gasteiger charge is 2.21. The zero-order valence-corrected chi connectivity index (χ0v) is 14.0. The van der Waals surface area contributed by atoms with Crippen molar-refractivity contribution >= 4 is 29.4 Å². The highest BCUT2D eigenvalue weighted by Crippen LogP contribution is 2.33. The number of anilines is 1. The molecule has 0 radical (unpaired) electrons. The maximum Gasteiger partial charge on any atom is 0.321 e. The van der Waals surface area contributed by atoms with Crippen molar-refractivity contribution < 1.29 is 9.59 Å². The van der Waals surface area contributed by atoms with Gasteiger partial charge in [0.05, 0.1) is 12.2 Å². The SMILES string of the molecule is O=C(CN1CCSc2ccccc21)NC(=O)NC1CCCCC1. The second kappa shape index (κ2) is 7.73. The first-order chi connectivity index (χ1) is 11.2. The van der Waals surface area contributed by atoms with E-state index in [0.29, 0.717) is 0 Å². The number of hydrogen-bond donors (Lipinski definition) is 2. The van der Waals surface area contributed by atoms with E-state index in [1.807, 2.05) is 23.1 Å². The number of hydrogen-bond acceptors (Lipinski definition) is 4. The van der Waals surface area contributed by atoms with Crippen LogP contribution in [0.15, 0.2) is 29.2 Å². The molecule has 1 aliphatic carbocycles. The molecule has 124 valence electrons. The van der Waals surface area contributed by atoms with Crippen LogP contribution in [0, 0.1) is 0 Å². The summed E-state index contributed by atoms with van der Waals surface area (Å²) in [6.07, 6.45) is 5.57. The molecule has 0 unspecified atom stereocenters. The molecule has 0 bridgehead atoms. The molecular formula is C17H23N3O2S. The van der Waals surface area contributed by atoms with Gasteiger partial charge in [0.2, 0.25) is 5.91 Å². The molecule has 3 rings (SSSR count). The van der Waals surface area contributed by atoms with Crippen molar-refractivity contribution in [2.75, 3.05) is 23.7 Å². The van der Waals surface area contributed by atoms with Crippen molar-refractivity contribution in [2.45, 2.75) is 43.0 Å². The zero-order valence-electron chi connectivity index (χ0n) is 13.2. The molecule has 1 saturated carbocycles. The normalized spacial score (nSPS) is 18.2. The molecule has 0 saturated heterocycles. The van der Waals surface area contributed by atoms with E-state index in [4.69, 9.17) is 0 Å². The van der Waals surface area contributed by atoms with Gasteiger partial charge in [-0.1, -0.05) is 31.4 Å². The summed E-state index contributed by atoms with van der Waals surface area (Å²) in [5.74, 6) is 0.707. The third-order valence-corrected chi connectivity index (χ3v) is 5.40. The maximum atomic E-state index is 12.2. The number of para-hydroxylation sites is 1. The van der Waals surface area contributed by atoms with Crippen LogP contribution in [-0.4, -0.2) is 36.8 Å². The minimum atomic E-state index is -0.360. The first-order valence-electron chi connectivity index (χ1n) is 8.29. The maximum absolute atomic E-state index is 12.2. The van der Waals surface area contributed by atoms with Gasteiger partial charge in [-0.3, -0.25) is 10.1 Å². The molecule has 6 heteroatoms. The van der Waals surface area contributed by atoms with E-state index in [1.54, 1.807) is 11.8 Å². The van der Waals surface area contributed by atoms with E-state index < -0.39 is 0 Å². The van der Waals surface area contributed by atoms with Crippen LogP contribution < -0.4 is 15.5 Å². The molecule has 23 heavy (non-hydrogen) atoms. The predicted molar refractivity (Wildman–Crippen MR) is 92.9 cm³/mol. The highest BCUT2D eigenvalue weighted by atomic mass is 32.2. The Bertz CT molecular complexity index is 573. The van der Waals surface area contributed by atoms with Crippen LogP contribution in [0.4, 0.5) is 10.5 Å². The second-order valence-corrected chi connectivity index (χ2v) is 7.23. The number of urea groups is 1. The van der Waals surface area contributed by atoms with Crippen molar-refractivity contribution in [2.24, 2.45) is 0 Å². The van der Waals surface area contributed by atoms with Gasteiger partial charge in [0.25, 0.3) is 0 Å². The summed E-state index contributed by atoms with van der Waals surface area (Å²) in [6.45, 7) is 1.04.